The topological polar surface area (TPSA) is 121 Å². The van der Waals surface area contributed by atoms with Crippen molar-refractivity contribution < 1.29 is 14.0 Å². The molecule has 13 heteroatoms. The average molecular weight is 693 g/mol. The Labute approximate surface area is 290 Å². The fraction of sp³-hybridized carbons (Fsp3) is 0.571. The predicted octanol–water partition coefficient (Wildman–Crippen LogP) is 7.60. The molecule has 2 aromatic heterocycles. The van der Waals surface area contributed by atoms with Gasteiger partial charge in [-0.25, -0.2) is 19.4 Å². The van der Waals surface area contributed by atoms with Crippen molar-refractivity contribution in [3.05, 3.63) is 46.7 Å². The fourth-order valence-corrected chi connectivity index (χ4v) is 7.33. The third-order valence-corrected chi connectivity index (χ3v) is 14.4. The molecule has 1 fully saturated rings. The zero-order chi connectivity index (χ0) is 35.2. The molecule has 0 aliphatic carbocycles. The normalized spacial score (nSPS) is 20.1. The summed E-state index contributed by atoms with van der Waals surface area (Å²) in [4.78, 5) is 26.8. The van der Waals surface area contributed by atoms with Gasteiger partial charge in [0.15, 0.2) is 13.5 Å². The van der Waals surface area contributed by atoms with Gasteiger partial charge in [0.2, 0.25) is 5.95 Å². The molecule has 1 saturated heterocycles. The van der Waals surface area contributed by atoms with E-state index in [9.17, 15) is 10.1 Å². The van der Waals surface area contributed by atoms with Gasteiger partial charge >= 0.3 is 6.09 Å². The maximum absolute atomic E-state index is 13.6. The molecule has 4 heterocycles. The van der Waals surface area contributed by atoms with Crippen LogP contribution in [-0.4, -0.2) is 77.9 Å². The molecule has 1 amide bonds. The van der Waals surface area contributed by atoms with Crippen molar-refractivity contribution in [1.29, 1.82) is 5.26 Å². The zero-order valence-electron chi connectivity index (χ0n) is 29.9. The maximum Gasteiger partial charge on any atom is 0.414 e. The summed E-state index contributed by atoms with van der Waals surface area (Å²) in [6.45, 7) is 22.2. The SMILES string of the molecule is CN1CC[C@@H](Cn2nc(Cl)cc2Nc2nccc(-c3cc(C#N)c4c(c3)[C@@](C)(CO[Si](C)(C)C(C)(C)C)CN4C(=O)OC(C)(C)C)n2)C1. The molecule has 258 valence electrons. The standard InChI is InChI=1S/C35H49ClN8O3Si/c1-33(2,3)47-32(45)43-21-35(7,22-46-48(9,10)34(4,5)6)26-16-24(15-25(18-37)30(26)43)27-11-13-38-31(39-27)40-29-17-28(36)41-44(29)20-23-12-14-42(8)19-23/h11,13,15-17,23H,12,14,19-22H2,1-10H3,(H,38,39,40)/t23-,35-/m1/s1. The van der Waals surface area contributed by atoms with Gasteiger partial charge in [-0.2, -0.15) is 10.4 Å². The number of anilines is 3. The Balaban J connectivity index is 1.51. The van der Waals surface area contributed by atoms with E-state index in [1.165, 1.54) is 0 Å². The molecule has 48 heavy (non-hydrogen) atoms. The molecule has 5 rings (SSSR count). The molecule has 2 aliphatic rings. The number of likely N-dealkylation sites (tertiary alicyclic amines) is 1. The van der Waals surface area contributed by atoms with Gasteiger partial charge in [-0.15, -0.1) is 0 Å². The quantitative estimate of drug-likeness (QED) is 0.238. The summed E-state index contributed by atoms with van der Waals surface area (Å²) in [5.41, 5.74) is 1.84. The number of nitrogens with one attached hydrogen (secondary N) is 1. The summed E-state index contributed by atoms with van der Waals surface area (Å²) in [5.74, 6) is 1.57. The highest BCUT2D eigenvalue weighted by Crippen LogP contribution is 2.47. The second-order valence-electron chi connectivity index (χ2n) is 16.0. The van der Waals surface area contributed by atoms with Crippen molar-refractivity contribution in [3.63, 3.8) is 0 Å². The van der Waals surface area contributed by atoms with E-state index in [4.69, 9.17) is 25.7 Å². The number of rotatable bonds is 8. The summed E-state index contributed by atoms with van der Waals surface area (Å²) in [5, 5.41) is 18.7. The van der Waals surface area contributed by atoms with Gasteiger partial charge in [-0.1, -0.05) is 39.3 Å². The summed E-state index contributed by atoms with van der Waals surface area (Å²) < 4.78 is 14.5. The van der Waals surface area contributed by atoms with Gasteiger partial charge in [-0.05, 0) is 88.6 Å². The van der Waals surface area contributed by atoms with E-state index < -0.39 is 25.4 Å². The zero-order valence-corrected chi connectivity index (χ0v) is 31.7. The molecule has 11 nitrogen and oxygen atoms in total. The van der Waals surface area contributed by atoms with Crippen molar-refractivity contribution >= 4 is 43.5 Å². The van der Waals surface area contributed by atoms with Crippen LogP contribution in [-0.2, 0) is 21.1 Å². The molecule has 0 bridgehead atoms. The molecule has 0 radical (unpaired) electrons. The van der Waals surface area contributed by atoms with Crippen LogP contribution in [0.15, 0.2) is 30.5 Å². The minimum absolute atomic E-state index is 0.00667. The van der Waals surface area contributed by atoms with Crippen molar-refractivity contribution in [3.8, 4) is 17.3 Å². The molecule has 2 aliphatic heterocycles. The Bertz CT molecular complexity index is 1720. The van der Waals surface area contributed by atoms with Crippen molar-refractivity contribution in [2.75, 3.05) is 43.5 Å². The van der Waals surface area contributed by atoms with Crippen LogP contribution >= 0.6 is 11.6 Å². The molecule has 0 saturated carbocycles. The minimum Gasteiger partial charge on any atom is -0.443 e. The predicted molar refractivity (Wildman–Crippen MR) is 192 cm³/mol. The molecule has 1 N–H and O–H groups in total. The van der Waals surface area contributed by atoms with Gasteiger partial charge in [0, 0.05) is 49.5 Å². The van der Waals surface area contributed by atoms with Crippen molar-refractivity contribution in [2.45, 2.75) is 90.6 Å². The van der Waals surface area contributed by atoms with Gasteiger partial charge in [0.1, 0.15) is 17.5 Å². The van der Waals surface area contributed by atoms with Crippen LogP contribution in [0.1, 0.15) is 66.0 Å². The third-order valence-electron chi connectivity index (χ3n) is 9.69. The lowest BCUT2D eigenvalue weighted by Crippen LogP contribution is -2.46. The monoisotopic (exact) mass is 692 g/mol. The molecule has 3 aromatic rings. The molecular weight excluding hydrogens is 644 g/mol. The highest BCUT2D eigenvalue weighted by molar-refractivity contribution is 6.74. The second kappa shape index (κ2) is 13.1. The molecule has 0 spiro atoms. The second-order valence-corrected chi connectivity index (χ2v) is 21.2. The first-order valence-electron chi connectivity index (χ1n) is 16.5. The highest BCUT2D eigenvalue weighted by Gasteiger charge is 2.47. The largest absolute Gasteiger partial charge is 0.443 e. The Morgan fingerprint density at radius 1 is 1.21 bits per heavy atom. The van der Waals surface area contributed by atoms with Crippen LogP contribution in [0.3, 0.4) is 0 Å². The summed E-state index contributed by atoms with van der Waals surface area (Å²) in [6, 6.07) is 9.75. The van der Waals surface area contributed by atoms with E-state index in [2.05, 4.69) is 74.2 Å². The number of carbonyl (C=O) groups is 1. The van der Waals surface area contributed by atoms with Gasteiger partial charge in [0.25, 0.3) is 0 Å². The summed E-state index contributed by atoms with van der Waals surface area (Å²) in [7, 11) is -0.00883. The smallest absolute Gasteiger partial charge is 0.414 e. The van der Waals surface area contributed by atoms with Crippen molar-refractivity contribution in [1.82, 2.24) is 24.6 Å². The lowest BCUT2D eigenvalue weighted by Gasteiger charge is -2.39. The van der Waals surface area contributed by atoms with E-state index in [1.54, 1.807) is 23.2 Å². The number of amides is 1. The number of ether oxygens (including phenoxy) is 1. The average Bonchev–Trinajstić information content (AvgIpc) is 3.65. The van der Waals surface area contributed by atoms with E-state index in [-0.39, 0.29) is 5.04 Å². The number of nitrogens with zero attached hydrogens (tertiary/aromatic N) is 7. The van der Waals surface area contributed by atoms with Gasteiger partial charge < -0.3 is 19.4 Å². The number of nitriles is 1. The van der Waals surface area contributed by atoms with Gasteiger partial charge in [0.05, 0.1) is 16.9 Å². The van der Waals surface area contributed by atoms with Crippen molar-refractivity contribution in [2.24, 2.45) is 5.92 Å². The molecule has 1 aromatic carbocycles. The first kappa shape index (κ1) is 35.8. The van der Waals surface area contributed by atoms with Crippen LogP contribution in [0.4, 0.5) is 22.2 Å². The number of aromatic nitrogens is 4. The van der Waals surface area contributed by atoms with Crippen LogP contribution in [0.2, 0.25) is 23.3 Å². The Morgan fingerprint density at radius 3 is 2.56 bits per heavy atom. The summed E-state index contributed by atoms with van der Waals surface area (Å²) in [6.07, 6.45) is 2.30. The maximum atomic E-state index is 13.6. The number of benzene rings is 1. The van der Waals surface area contributed by atoms with E-state index in [1.807, 2.05) is 37.6 Å². The molecular formula is C35H49ClN8O3Si. The summed E-state index contributed by atoms with van der Waals surface area (Å²) >= 11 is 6.34. The van der Waals surface area contributed by atoms with Crippen LogP contribution in [0, 0.1) is 17.2 Å². The first-order chi connectivity index (χ1) is 22.3. The van der Waals surface area contributed by atoms with Crippen LogP contribution < -0.4 is 10.2 Å². The number of halogens is 1. The lowest BCUT2D eigenvalue weighted by atomic mass is 9.83. The Kier molecular flexibility index (Phi) is 9.75. The number of hydrogen-bond donors (Lipinski definition) is 1. The Hall–Kier alpha value is -3.50. The minimum atomic E-state index is -2.14. The Morgan fingerprint density at radius 2 is 1.94 bits per heavy atom. The molecule has 0 unspecified atom stereocenters. The number of carbonyl (C=O) groups excluding carboxylic acids is 1. The first-order valence-corrected chi connectivity index (χ1v) is 19.8. The van der Waals surface area contributed by atoms with Gasteiger partial charge in [-0.3, -0.25) is 4.90 Å². The lowest BCUT2D eigenvalue weighted by molar-refractivity contribution is 0.0575. The van der Waals surface area contributed by atoms with E-state index >= 15 is 0 Å². The molecule has 2 atom stereocenters. The highest BCUT2D eigenvalue weighted by atomic mass is 35.5. The fourth-order valence-electron chi connectivity index (χ4n) is 6.02. The number of fused-ring (bicyclic) bond motifs is 1. The number of hydrogen-bond acceptors (Lipinski definition) is 9. The third kappa shape index (κ3) is 7.70. The van der Waals surface area contributed by atoms with E-state index in [0.29, 0.717) is 52.9 Å². The van der Waals surface area contributed by atoms with E-state index in [0.717, 1.165) is 37.2 Å². The van der Waals surface area contributed by atoms with Crippen LogP contribution in [0.25, 0.3) is 11.3 Å². The van der Waals surface area contributed by atoms with Crippen LogP contribution in [0.5, 0.6) is 0 Å².